The first kappa shape index (κ1) is 28.7. The highest BCUT2D eigenvalue weighted by atomic mass is 32.1. The summed E-state index contributed by atoms with van der Waals surface area (Å²) in [4.78, 5) is 33.3. The molecule has 44 heavy (non-hydrogen) atoms. The molecule has 2 unspecified atom stereocenters. The number of benzene rings is 1. The van der Waals surface area contributed by atoms with E-state index >= 15 is 0 Å². The standard InChI is InChI=1S/C34H39N7O2S/c1-20(2)40-12-14-41(15-13-40)31-11-10-30(37-38-31)35-28-17-24(19-39(4)34(28)43)25-6-5-7-27(21(25)3)36-33(42)29-18-26-22-8-9-23(16-22)32(26)44-29/h5-7,10-11,17-20,22-23H,8-9,12-16H2,1-4H3,(H,35,37)(H,36,42). The number of carbonyl (C=O) groups excluding carboxylic acids is 1. The van der Waals surface area contributed by atoms with Gasteiger partial charge < -0.3 is 20.1 Å². The van der Waals surface area contributed by atoms with Crippen molar-refractivity contribution in [2.45, 2.75) is 57.9 Å². The number of hydrogen-bond donors (Lipinski definition) is 2. The highest BCUT2D eigenvalue weighted by molar-refractivity contribution is 7.14. The first-order valence-electron chi connectivity index (χ1n) is 15.6. The van der Waals surface area contributed by atoms with Crippen LogP contribution in [0.15, 0.2) is 53.5 Å². The third-order valence-electron chi connectivity index (χ3n) is 9.62. The molecule has 1 amide bonds. The van der Waals surface area contributed by atoms with Crippen molar-refractivity contribution in [2.24, 2.45) is 7.05 Å². The number of nitrogens with one attached hydrogen (secondary N) is 2. The van der Waals surface area contributed by atoms with Crippen LogP contribution in [-0.4, -0.2) is 57.8 Å². The van der Waals surface area contributed by atoms with Crippen molar-refractivity contribution in [2.75, 3.05) is 41.7 Å². The van der Waals surface area contributed by atoms with Crippen LogP contribution in [0.1, 0.15) is 70.6 Å². The molecule has 1 aliphatic heterocycles. The summed E-state index contributed by atoms with van der Waals surface area (Å²) in [7, 11) is 1.74. The monoisotopic (exact) mass is 609 g/mol. The molecule has 1 saturated heterocycles. The summed E-state index contributed by atoms with van der Waals surface area (Å²) < 4.78 is 1.57. The lowest BCUT2D eigenvalue weighted by molar-refractivity contribution is 0.103. The van der Waals surface area contributed by atoms with Crippen LogP contribution in [0.2, 0.25) is 0 Å². The van der Waals surface area contributed by atoms with Gasteiger partial charge in [0.1, 0.15) is 5.69 Å². The van der Waals surface area contributed by atoms with E-state index in [1.54, 1.807) is 23.0 Å². The maximum absolute atomic E-state index is 13.3. The topological polar surface area (TPSA) is 95.4 Å². The van der Waals surface area contributed by atoms with Crippen molar-refractivity contribution in [1.29, 1.82) is 0 Å². The van der Waals surface area contributed by atoms with Gasteiger partial charge >= 0.3 is 0 Å². The van der Waals surface area contributed by atoms with Gasteiger partial charge in [-0.1, -0.05) is 12.1 Å². The largest absolute Gasteiger partial charge is 0.353 e. The molecule has 4 heterocycles. The fraction of sp³-hybridized carbons (Fsp3) is 0.412. The molecule has 0 radical (unpaired) electrons. The average molecular weight is 610 g/mol. The van der Waals surface area contributed by atoms with Gasteiger partial charge in [0, 0.05) is 61.6 Å². The average Bonchev–Trinajstić information content (AvgIpc) is 3.76. The van der Waals surface area contributed by atoms with E-state index in [2.05, 4.69) is 50.5 Å². The minimum Gasteiger partial charge on any atom is -0.353 e. The van der Waals surface area contributed by atoms with Crippen LogP contribution in [-0.2, 0) is 7.05 Å². The second kappa shape index (κ2) is 11.5. The highest BCUT2D eigenvalue weighted by Gasteiger charge is 2.39. The van der Waals surface area contributed by atoms with Crippen molar-refractivity contribution < 1.29 is 4.79 Å². The number of amides is 1. The molecule has 0 spiro atoms. The van der Waals surface area contributed by atoms with E-state index in [9.17, 15) is 9.59 Å². The molecule has 2 bridgehead atoms. The number of anilines is 4. The molecule has 2 atom stereocenters. The van der Waals surface area contributed by atoms with Crippen molar-refractivity contribution in [3.63, 3.8) is 0 Å². The third-order valence-corrected chi connectivity index (χ3v) is 10.9. The zero-order valence-corrected chi connectivity index (χ0v) is 26.6. The van der Waals surface area contributed by atoms with Gasteiger partial charge in [0.2, 0.25) is 0 Å². The zero-order chi connectivity index (χ0) is 30.5. The predicted molar refractivity (Wildman–Crippen MR) is 178 cm³/mol. The molecule has 9 nitrogen and oxygen atoms in total. The summed E-state index contributed by atoms with van der Waals surface area (Å²) in [6.07, 6.45) is 5.59. The number of piperazine rings is 1. The van der Waals surface area contributed by atoms with Crippen molar-refractivity contribution >= 4 is 40.3 Å². The van der Waals surface area contributed by atoms with Gasteiger partial charge in [0.05, 0.1) is 4.88 Å². The number of aromatic nitrogens is 3. The van der Waals surface area contributed by atoms with Gasteiger partial charge in [0.15, 0.2) is 11.6 Å². The lowest BCUT2D eigenvalue weighted by Crippen LogP contribution is -2.49. The summed E-state index contributed by atoms with van der Waals surface area (Å²) in [5.74, 6) is 2.58. The number of hydrogen-bond acceptors (Lipinski definition) is 8. The number of nitrogens with zero attached hydrogens (tertiary/aromatic N) is 5. The molecule has 10 heteroatoms. The lowest BCUT2D eigenvalue weighted by Gasteiger charge is -2.37. The summed E-state index contributed by atoms with van der Waals surface area (Å²) in [6, 6.07) is 14.2. The van der Waals surface area contributed by atoms with E-state index in [-0.39, 0.29) is 11.5 Å². The number of fused-ring (bicyclic) bond motifs is 5. The van der Waals surface area contributed by atoms with Crippen LogP contribution in [0.25, 0.3) is 11.1 Å². The van der Waals surface area contributed by atoms with Gasteiger partial charge in [-0.2, -0.15) is 0 Å². The normalized spacial score (nSPS) is 19.4. The van der Waals surface area contributed by atoms with Crippen LogP contribution in [0, 0.1) is 6.92 Å². The summed E-state index contributed by atoms with van der Waals surface area (Å²) in [5.41, 5.74) is 5.16. The first-order chi connectivity index (χ1) is 21.2. The van der Waals surface area contributed by atoms with E-state index in [1.807, 2.05) is 49.5 Å². The minimum atomic E-state index is -0.161. The van der Waals surface area contributed by atoms with E-state index in [1.165, 1.54) is 29.7 Å². The van der Waals surface area contributed by atoms with Crippen LogP contribution in [0.5, 0.6) is 0 Å². The quantitative estimate of drug-likeness (QED) is 0.261. The van der Waals surface area contributed by atoms with Gasteiger partial charge in [0.25, 0.3) is 11.5 Å². The molecule has 3 aliphatic rings. The maximum Gasteiger partial charge on any atom is 0.274 e. The van der Waals surface area contributed by atoms with Crippen LogP contribution in [0.3, 0.4) is 0 Å². The lowest BCUT2D eigenvalue weighted by atomic mass is 9.98. The molecule has 2 fully saturated rings. The summed E-state index contributed by atoms with van der Waals surface area (Å²) in [6.45, 7) is 10.3. The summed E-state index contributed by atoms with van der Waals surface area (Å²) >= 11 is 1.66. The Kier molecular flexibility index (Phi) is 7.50. The van der Waals surface area contributed by atoms with Crippen molar-refractivity contribution in [1.82, 2.24) is 19.7 Å². The van der Waals surface area contributed by atoms with E-state index < -0.39 is 0 Å². The van der Waals surface area contributed by atoms with Crippen molar-refractivity contribution in [3.8, 4) is 11.1 Å². The smallest absolute Gasteiger partial charge is 0.274 e. The molecule has 2 N–H and O–H groups in total. The maximum atomic E-state index is 13.3. The molecular weight excluding hydrogens is 570 g/mol. The highest BCUT2D eigenvalue weighted by Crippen LogP contribution is 2.56. The fourth-order valence-electron chi connectivity index (χ4n) is 7.05. The van der Waals surface area contributed by atoms with E-state index in [4.69, 9.17) is 0 Å². The van der Waals surface area contributed by atoms with Gasteiger partial charge in [-0.3, -0.25) is 14.5 Å². The van der Waals surface area contributed by atoms with Crippen LogP contribution < -0.4 is 21.1 Å². The number of rotatable bonds is 7. The van der Waals surface area contributed by atoms with Gasteiger partial charge in [-0.25, -0.2) is 0 Å². The Morgan fingerprint density at radius 3 is 2.52 bits per heavy atom. The summed E-state index contributed by atoms with van der Waals surface area (Å²) in [5, 5.41) is 15.2. The first-order valence-corrected chi connectivity index (χ1v) is 16.4. The molecule has 4 aromatic rings. The number of aryl methyl sites for hydroxylation is 1. The Morgan fingerprint density at radius 1 is 1.00 bits per heavy atom. The van der Waals surface area contributed by atoms with Gasteiger partial charge in [-0.15, -0.1) is 21.5 Å². The van der Waals surface area contributed by atoms with E-state index in [0.29, 0.717) is 29.4 Å². The number of carbonyl (C=O) groups is 1. The molecule has 1 saturated carbocycles. The fourth-order valence-corrected chi connectivity index (χ4v) is 8.34. The Bertz CT molecular complexity index is 1740. The minimum absolute atomic E-state index is 0.0595. The molecule has 2 aliphatic carbocycles. The van der Waals surface area contributed by atoms with Crippen molar-refractivity contribution in [3.05, 3.63) is 79.9 Å². The third kappa shape index (κ3) is 5.30. The molecular formula is C34H39N7O2S. The van der Waals surface area contributed by atoms with Crippen LogP contribution in [0.4, 0.5) is 23.0 Å². The second-order valence-electron chi connectivity index (χ2n) is 12.6. The molecule has 228 valence electrons. The predicted octanol–water partition coefficient (Wildman–Crippen LogP) is 6.10. The molecule has 7 rings (SSSR count). The molecule has 1 aromatic carbocycles. The van der Waals surface area contributed by atoms with Gasteiger partial charge in [-0.05, 0) is 98.9 Å². The Morgan fingerprint density at radius 2 is 1.80 bits per heavy atom. The van der Waals surface area contributed by atoms with E-state index in [0.717, 1.165) is 59.3 Å². The molecule has 3 aromatic heterocycles. The SMILES string of the molecule is Cc1c(NC(=O)c2cc3c(s2)C2CCC3C2)cccc1-c1cc(Nc2ccc(N3CCN(C(C)C)CC3)nn2)c(=O)n(C)c1. The Hall–Kier alpha value is -4.02. The number of pyridine rings is 1. The number of thiophene rings is 1. The Labute approximate surface area is 261 Å². The zero-order valence-electron chi connectivity index (χ0n) is 25.8. The van der Waals surface area contributed by atoms with Crippen LogP contribution >= 0.6 is 11.3 Å². The Balaban J connectivity index is 1.08. The second-order valence-corrected chi connectivity index (χ2v) is 13.7.